The number of rotatable bonds is 1. The molecule has 1 unspecified atom stereocenters. The second kappa shape index (κ2) is 4.53. The normalized spacial score (nSPS) is 25.1. The summed E-state index contributed by atoms with van der Waals surface area (Å²) in [6.07, 6.45) is 0. The molecule has 1 aliphatic heterocycles. The van der Waals surface area contributed by atoms with Crippen molar-refractivity contribution in [3.05, 3.63) is 47.7 Å². The Morgan fingerprint density at radius 1 is 1.00 bits per heavy atom. The minimum absolute atomic E-state index is 0. The molecule has 17 heavy (non-hydrogen) atoms. The van der Waals surface area contributed by atoms with Crippen LogP contribution in [0, 0.1) is 0 Å². The van der Waals surface area contributed by atoms with Gasteiger partial charge in [-0.2, -0.15) is 4.39 Å². The summed E-state index contributed by atoms with van der Waals surface area (Å²) in [7, 11) is 0. The molecule has 92 valence electrons. The van der Waals surface area contributed by atoms with Crippen LogP contribution in [0.1, 0.15) is 5.56 Å². The molecule has 1 heterocycles. The van der Waals surface area contributed by atoms with Crippen LogP contribution in [0.3, 0.4) is 0 Å². The summed E-state index contributed by atoms with van der Waals surface area (Å²) in [4.78, 5) is 0. The lowest BCUT2D eigenvalue weighted by Gasteiger charge is -2.23. The van der Waals surface area contributed by atoms with Crippen molar-refractivity contribution in [2.75, 3.05) is 0 Å². The lowest BCUT2D eigenvalue weighted by Crippen LogP contribution is -2.38. The van der Waals surface area contributed by atoms with E-state index in [1.807, 2.05) is 0 Å². The summed E-state index contributed by atoms with van der Waals surface area (Å²) in [6, 6.07) is 6.07. The van der Waals surface area contributed by atoms with E-state index in [4.69, 9.17) is 0 Å². The Bertz CT molecular complexity index is 440. The zero-order valence-electron chi connectivity index (χ0n) is 8.08. The Labute approximate surface area is 100 Å². The molecule has 0 aromatic heterocycles. The fourth-order valence-electron chi connectivity index (χ4n) is 1.39. The number of nitrogens with zero attached hydrogens (tertiary/aromatic N) is 2. The molecule has 2 rings (SSSR count). The van der Waals surface area contributed by atoms with E-state index in [2.05, 4.69) is 0 Å². The average Bonchev–Trinajstić information content (AvgIpc) is 2.47. The molecule has 0 aliphatic carbocycles. The lowest BCUT2D eigenvalue weighted by molar-refractivity contribution is -0.315. The third-order valence-electron chi connectivity index (χ3n) is 2.20. The molecule has 2 nitrogen and oxygen atoms in total. The molecule has 1 aliphatic rings. The maximum absolute atomic E-state index is 13.9. The molecular weight excluding hydrogens is 263 g/mol. The molecule has 0 fully saturated rings. The Morgan fingerprint density at radius 3 is 1.94 bits per heavy atom. The van der Waals surface area contributed by atoms with Crippen molar-refractivity contribution in [2.24, 2.45) is 0 Å². The zero-order valence-corrected chi connectivity index (χ0v) is 8.90. The first-order valence-electron chi connectivity index (χ1n) is 4.21. The maximum atomic E-state index is 13.9. The highest BCUT2D eigenvalue weighted by Gasteiger charge is 2.58. The number of hydrogen-bond donors (Lipinski definition) is 0. The van der Waals surface area contributed by atoms with Crippen LogP contribution in [0.15, 0.2) is 42.1 Å². The van der Waals surface area contributed by atoms with Gasteiger partial charge in [-0.3, -0.25) is 0 Å². The first-order chi connectivity index (χ1) is 7.49. The second-order valence-corrected chi connectivity index (χ2v) is 3.11. The summed E-state index contributed by atoms with van der Waals surface area (Å²) < 4.78 is 65.4. The molecule has 0 N–H and O–H groups in total. The summed E-state index contributed by atoms with van der Waals surface area (Å²) in [5.41, 5.74) is -0.551. The highest BCUT2D eigenvalue weighted by atomic mass is 32.1. The van der Waals surface area contributed by atoms with Crippen molar-refractivity contribution in [2.45, 2.75) is 5.79 Å². The van der Waals surface area contributed by atoms with Gasteiger partial charge in [0.2, 0.25) is 5.83 Å². The molecule has 0 saturated heterocycles. The molecule has 0 amide bonds. The number of alkyl halides is 1. The van der Waals surface area contributed by atoms with Crippen molar-refractivity contribution in [3.63, 3.8) is 0 Å². The second-order valence-electron chi connectivity index (χ2n) is 3.11. The van der Waals surface area contributed by atoms with E-state index in [1.165, 1.54) is 18.2 Å². The summed E-state index contributed by atoms with van der Waals surface area (Å²) in [6.45, 7) is 0. The van der Waals surface area contributed by atoms with E-state index in [1.54, 1.807) is 0 Å². The van der Waals surface area contributed by atoms with Crippen molar-refractivity contribution < 1.29 is 22.1 Å². The standard InChI is InChI=1S/C9H5F5N2.S/c10-7-8(11)15(13)16(14)9(7,12)6-4-2-1-3-5-6;/h1-5H;. The summed E-state index contributed by atoms with van der Waals surface area (Å²) >= 11 is 0. The van der Waals surface area contributed by atoms with Crippen LogP contribution in [-0.2, 0) is 5.79 Å². The van der Waals surface area contributed by atoms with E-state index in [0.717, 1.165) is 12.1 Å². The molecule has 1 aromatic carbocycles. The average molecular weight is 268 g/mol. The van der Waals surface area contributed by atoms with Crippen molar-refractivity contribution in [1.82, 2.24) is 10.5 Å². The van der Waals surface area contributed by atoms with Crippen molar-refractivity contribution >= 4 is 13.5 Å². The van der Waals surface area contributed by atoms with Gasteiger partial charge in [0, 0.05) is 24.3 Å². The van der Waals surface area contributed by atoms with E-state index in [9.17, 15) is 22.1 Å². The lowest BCUT2D eigenvalue weighted by atomic mass is 10.0. The van der Waals surface area contributed by atoms with Gasteiger partial charge in [0.1, 0.15) is 0 Å². The van der Waals surface area contributed by atoms with Gasteiger partial charge in [-0.1, -0.05) is 40.0 Å². The summed E-state index contributed by atoms with van der Waals surface area (Å²) in [5.74, 6) is -8.00. The first kappa shape index (κ1) is 13.8. The molecule has 1 aromatic rings. The number of benzene rings is 1. The smallest absolute Gasteiger partial charge is 0.208 e. The zero-order chi connectivity index (χ0) is 11.9. The first-order valence-corrected chi connectivity index (χ1v) is 4.21. The molecule has 0 spiro atoms. The molecular formula is C9H5F5N2S. The van der Waals surface area contributed by atoms with Crippen LogP contribution in [-0.4, -0.2) is 10.5 Å². The number of hydrazine groups is 1. The van der Waals surface area contributed by atoms with Crippen LogP contribution in [0.5, 0.6) is 0 Å². The fraction of sp³-hybridized carbons (Fsp3) is 0.111. The third-order valence-corrected chi connectivity index (χ3v) is 2.20. The SMILES string of the molecule is FC1=C(F)C(F)(c2ccccc2)N(F)N1F.[S]. The Hall–Kier alpha value is -1.28. The van der Waals surface area contributed by atoms with Crippen molar-refractivity contribution in [1.29, 1.82) is 0 Å². The highest BCUT2D eigenvalue weighted by Crippen LogP contribution is 2.48. The van der Waals surface area contributed by atoms with E-state index in [0.29, 0.717) is 0 Å². The van der Waals surface area contributed by atoms with Gasteiger partial charge in [0.25, 0.3) is 11.7 Å². The Balaban J connectivity index is 0.00000144. The van der Waals surface area contributed by atoms with Gasteiger partial charge in [0.05, 0.1) is 0 Å². The number of halogens is 5. The molecule has 8 heteroatoms. The van der Waals surface area contributed by atoms with Crippen LogP contribution < -0.4 is 0 Å². The van der Waals surface area contributed by atoms with Gasteiger partial charge in [-0.25, -0.2) is 8.78 Å². The fourth-order valence-corrected chi connectivity index (χ4v) is 1.39. The minimum Gasteiger partial charge on any atom is -0.208 e. The van der Waals surface area contributed by atoms with Crippen molar-refractivity contribution in [3.8, 4) is 0 Å². The van der Waals surface area contributed by atoms with Crippen LogP contribution in [0.4, 0.5) is 22.1 Å². The van der Waals surface area contributed by atoms with E-state index < -0.39 is 33.6 Å². The summed E-state index contributed by atoms with van der Waals surface area (Å²) in [5, 5.41) is -2.64. The van der Waals surface area contributed by atoms with E-state index in [-0.39, 0.29) is 13.5 Å². The topological polar surface area (TPSA) is 6.48 Å². The molecule has 1 atom stereocenters. The molecule has 0 bridgehead atoms. The third kappa shape index (κ3) is 1.77. The van der Waals surface area contributed by atoms with Gasteiger partial charge in [-0.15, -0.1) is 4.48 Å². The Kier molecular flexibility index (Phi) is 3.68. The van der Waals surface area contributed by atoms with Crippen LogP contribution in [0.25, 0.3) is 0 Å². The largest absolute Gasteiger partial charge is 0.293 e. The van der Waals surface area contributed by atoms with E-state index >= 15 is 0 Å². The van der Waals surface area contributed by atoms with Crippen LogP contribution >= 0.6 is 13.5 Å². The van der Waals surface area contributed by atoms with Crippen LogP contribution in [0.2, 0.25) is 0 Å². The maximum Gasteiger partial charge on any atom is 0.293 e. The van der Waals surface area contributed by atoms with Gasteiger partial charge < -0.3 is 0 Å². The minimum atomic E-state index is -3.60. The predicted octanol–water partition coefficient (Wildman–Crippen LogP) is 3.87. The monoisotopic (exact) mass is 268 g/mol. The quantitative estimate of drug-likeness (QED) is 0.433. The van der Waals surface area contributed by atoms with Gasteiger partial charge >= 0.3 is 0 Å². The Morgan fingerprint density at radius 2 is 1.53 bits per heavy atom. The van der Waals surface area contributed by atoms with Gasteiger partial charge in [0.15, 0.2) is 0 Å². The molecule has 0 saturated carbocycles. The highest BCUT2D eigenvalue weighted by molar-refractivity contribution is 7.59. The predicted molar refractivity (Wildman–Crippen MR) is 52.0 cm³/mol. The molecule has 2 radical (unpaired) electrons. The number of hydrogen-bond acceptors (Lipinski definition) is 2. The van der Waals surface area contributed by atoms with Gasteiger partial charge in [-0.05, 0) is 0 Å².